The summed E-state index contributed by atoms with van der Waals surface area (Å²) >= 11 is 0. The fraction of sp³-hybridized carbons (Fsp3) is 0. The monoisotopic (exact) mass is 407 g/mol. The number of aromatic nitrogens is 1. The van der Waals surface area contributed by atoms with E-state index >= 15 is 0 Å². The van der Waals surface area contributed by atoms with Crippen molar-refractivity contribution in [2.45, 2.75) is 9.79 Å². The SMILES string of the molecule is NC(=O)c1c2ccccc2nc2cccc(S(=O)(=O)c3ccc([N+](=O)[O-])cc3)c12. The van der Waals surface area contributed by atoms with Crippen molar-refractivity contribution in [3.63, 3.8) is 0 Å². The largest absolute Gasteiger partial charge is 0.366 e. The molecule has 0 unspecified atom stereocenters. The Hall–Kier alpha value is -3.85. The number of nitrogens with two attached hydrogens (primary N) is 1. The van der Waals surface area contributed by atoms with Crippen LogP contribution in [0.5, 0.6) is 0 Å². The number of fused-ring (bicyclic) bond motifs is 2. The first kappa shape index (κ1) is 18.5. The van der Waals surface area contributed by atoms with Gasteiger partial charge >= 0.3 is 0 Å². The van der Waals surface area contributed by atoms with E-state index in [1.165, 1.54) is 12.1 Å². The second-order valence-corrected chi connectivity index (χ2v) is 8.19. The van der Waals surface area contributed by atoms with Gasteiger partial charge in [-0.25, -0.2) is 13.4 Å². The van der Waals surface area contributed by atoms with Gasteiger partial charge in [-0.3, -0.25) is 14.9 Å². The number of amides is 1. The molecule has 2 N–H and O–H groups in total. The summed E-state index contributed by atoms with van der Waals surface area (Å²) in [5.41, 5.74) is 6.26. The molecule has 29 heavy (non-hydrogen) atoms. The van der Waals surface area contributed by atoms with Crippen LogP contribution >= 0.6 is 0 Å². The number of benzene rings is 3. The minimum absolute atomic E-state index is 0.0617. The van der Waals surface area contributed by atoms with Crippen LogP contribution in [-0.2, 0) is 9.84 Å². The highest BCUT2D eigenvalue weighted by Crippen LogP contribution is 2.34. The predicted molar refractivity (Wildman–Crippen MR) is 106 cm³/mol. The van der Waals surface area contributed by atoms with E-state index in [-0.39, 0.29) is 26.4 Å². The van der Waals surface area contributed by atoms with Gasteiger partial charge in [0.25, 0.3) is 5.69 Å². The molecule has 0 bridgehead atoms. The predicted octanol–water partition coefficient (Wildman–Crippen LogP) is 3.23. The molecule has 1 heterocycles. The summed E-state index contributed by atoms with van der Waals surface area (Å²) in [6.45, 7) is 0. The number of nitrogens with zero attached hydrogens (tertiary/aromatic N) is 2. The molecule has 9 heteroatoms. The Labute approximate surface area is 164 Å². The Morgan fingerprint density at radius 3 is 2.24 bits per heavy atom. The third-order valence-electron chi connectivity index (χ3n) is 4.56. The lowest BCUT2D eigenvalue weighted by atomic mass is 10.0. The molecule has 0 aliphatic heterocycles. The lowest BCUT2D eigenvalue weighted by molar-refractivity contribution is -0.384. The normalized spacial score (nSPS) is 11.6. The number of nitro groups is 1. The molecule has 4 aromatic rings. The summed E-state index contributed by atoms with van der Waals surface area (Å²) in [7, 11) is -4.10. The minimum atomic E-state index is -4.10. The second kappa shape index (κ2) is 6.64. The number of sulfone groups is 1. The quantitative estimate of drug-likeness (QED) is 0.314. The summed E-state index contributed by atoms with van der Waals surface area (Å²) in [6.07, 6.45) is 0. The summed E-state index contributed by atoms with van der Waals surface area (Å²) in [4.78, 5) is 26.7. The van der Waals surface area contributed by atoms with Crippen molar-refractivity contribution in [3.05, 3.63) is 82.4 Å². The van der Waals surface area contributed by atoms with Crippen LogP contribution in [0.3, 0.4) is 0 Å². The van der Waals surface area contributed by atoms with Crippen LogP contribution in [0, 0.1) is 10.1 Å². The van der Waals surface area contributed by atoms with Crippen molar-refractivity contribution < 1.29 is 18.1 Å². The van der Waals surface area contributed by atoms with Crippen molar-refractivity contribution in [1.82, 2.24) is 4.98 Å². The average Bonchev–Trinajstić information content (AvgIpc) is 2.71. The van der Waals surface area contributed by atoms with E-state index in [1.807, 2.05) is 0 Å². The molecule has 0 radical (unpaired) electrons. The van der Waals surface area contributed by atoms with Crippen LogP contribution in [0.1, 0.15) is 10.4 Å². The van der Waals surface area contributed by atoms with E-state index in [0.717, 1.165) is 24.3 Å². The molecule has 0 fully saturated rings. The number of rotatable bonds is 4. The summed E-state index contributed by atoms with van der Waals surface area (Å²) < 4.78 is 26.6. The van der Waals surface area contributed by atoms with Gasteiger partial charge in [0.05, 0.1) is 31.3 Å². The molecule has 1 aromatic heterocycles. The van der Waals surface area contributed by atoms with Gasteiger partial charge in [-0.1, -0.05) is 24.3 Å². The van der Waals surface area contributed by atoms with E-state index in [9.17, 15) is 23.3 Å². The van der Waals surface area contributed by atoms with Crippen LogP contribution in [0.15, 0.2) is 76.5 Å². The van der Waals surface area contributed by atoms with Gasteiger partial charge in [0.15, 0.2) is 0 Å². The summed E-state index contributed by atoms with van der Waals surface area (Å²) in [5.74, 6) is -0.778. The number of para-hydroxylation sites is 1. The van der Waals surface area contributed by atoms with Crippen molar-refractivity contribution in [3.8, 4) is 0 Å². The molecule has 0 spiro atoms. The first-order valence-corrected chi connectivity index (χ1v) is 9.90. The summed E-state index contributed by atoms with van der Waals surface area (Å²) in [5, 5.41) is 11.4. The Morgan fingerprint density at radius 2 is 1.59 bits per heavy atom. The van der Waals surface area contributed by atoms with Crippen molar-refractivity contribution >= 4 is 43.2 Å². The number of nitro benzene ring substituents is 1. The number of carbonyl (C=O) groups is 1. The van der Waals surface area contributed by atoms with Gasteiger partial charge < -0.3 is 5.73 Å². The Balaban J connectivity index is 2.07. The molecule has 8 nitrogen and oxygen atoms in total. The molecule has 1 amide bonds. The van der Waals surface area contributed by atoms with E-state index < -0.39 is 20.7 Å². The number of non-ortho nitro benzene ring substituents is 1. The van der Waals surface area contributed by atoms with Crippen LogP contribution in [-0.4, -0.2) is 24.2 Å². The molecule has 0 atom stereocenters. The number of hydrogen-bond donors (Lipinski definition) is 1. The smallest absolute Gasteiger partial charge is 0.269 e. The molecule has 3 aromatic carbocycles. The van der Waals surface area contributed by atoms with Crippen molar-refractivity contribution in [2.75, 3.05) is 0 Å². The zero-order valence-corrected chi connectivity index (χ0v) is 15.6. The van der Waals surface area contributed by atoms with Gasteiger partial charge in [-0.2, -0.15) is 0 Å². The molecule has 144 valence electrons. The van der Waals surface area contributed by atoms with E-state index in [2.05, 4.69) is 4.98 Å². The summed E-state index contributed by atoms with van der Waals surface area (Å²) in [6, 6.07) is 15.8. The fourth-order valence-electron chi connectivity index (χ4n) is 3.26. The molecule has 0 aliphatic rings. The van der Waals surface area contributed by atoms with E-state index in [4.69, 9.17) is 5.73 Å². The number of carbonyl (C=O) groups excluding carboxylic acids is 1. The van der Waals surface area contributed by atoms with Gasteiger partial charge in [0.1, 0.15) is 0 Å². The van der Waals surface area contributed by atoms with Gasteiger partial charge in [-0.05, 0) is 30.3 Å². The molecular weight excluding hydrogens is 394 g/mol. The molecule has 0 aliphatic carbocycles. The maximum atomic E-state index is 13.3. The number of pyridine rings is 1. The topological polar surface area (TPSA) is 133 Å². The van der Waals surface area contributed by atoms with Crippen molar-refractivity contribution in [1.29, 1.82) is 0 Å². The van der Waals surface area contributed by atoms with E-state index in [1.54, 1.807) is 30.3 Å². The molecule has 0 saturated carbocycles. The third kappa shape index (κ3) is 2.97. The third-order valence-corrected chi connectivity index (χ3v) is 6.37. The standard InChI is InChI=1S/C20H13N3O5S/c21-20(24)18-14-4-1-2-5-15(14)22-16-6-3-7-17(19(16)18)29(27,28)13-10-8-12(9-11-13)23(25)26/h1-11H,(H2,21,24). The Kier molecular flexibility index (Phi) is 4.24. The molecule has 4 rings (SSSR count). The first-order chi connectivity index (χ1) is 13.8. The van der Waals surface area contributed by atoms with Crippen LogP contribution < -0.4 is 5.73 Å². The lowest BCUT2D eigenvalue weighted by Crippen LogP contribution is -2.14. The Bertz CT molecular complexity index is 1410. The molecular formula is C20H13N3O5S. The van der Waals surface area contributed by atoms with E-state index in [0.29, 0.717) is 16.4 Å². The number of hydrogen-bond acceptors (Lipinski definition) is 6. The average molecular weight is 407 g/mol. The van der Waals surface area contributed by atoms with Gasteiger partial charge in [0.2, 0.25) is 15.7 Å². The highest BCUT2D eigenvalue weighted by molar-refractivity contribution is 7.91. The van der Waals surface area contributed by atoms with Gasteiger partial charge in [0, 0.05) is 22.9 Å². The zero-order valence-electron chi connectivity index (χ0n) is 14.8. The minimum Gasteiger partial charge on any atom is -0.366 e. The molecule has 0 saturated heterocycles. The maximum Gasteiger partial charge on any atom is 0.269 e. The lowest BCUT2D eigenvalue weighted by Gasteiger charge is -2.13. The van der Waals surface area contributed by atoms with Crippen LogP contribution in [0.4, 0.5) is 5.69 Å². The second-order valence-electron chi connectivity index (χ2n) is 6.27. The highest BCUT2D eigenvalue weighted by Gasteiger charge is 2.25. The van der Waals surface area contributed by atoms with Crippen molar-refractivity contribution in [2.24, 2.45) is 5.73 Å². The number of primary amides is 1. The Morgan fingerprint density at radius 1 is 0.931 bits per heavy atom. The van der Waals surface area contributed by atoms with Crippen LogP contribution in [0.25, 0.3) is 21.8 Å². The first-order valence-electron chi connectivity index (χ1n) is 8.41. The van der Waals surface area contributed by atoms with Gasteiger partial charge in [-0.15, -0.1) is 0 Å². The highest BCUT2D eigenvalue weighted by atomic mass is 32.2. The fourth-order valence-corrected chi connectivity index (χ4v) is 4.75. The van der Waals surface area contributed by atoms with Crippen LogP contribution in [0.2, 0.25) is 0 Å². The zero-order chi connectivity index (χ0) is 20.8. The maximum absolute atomic E-state index is 13.3.